The first-order valence-electron chi connectivity index (χ1n) is 4.29. The molecule has 2 N–H and O–H groups in total. The fourth-order valence-electron chi connectivity index (χ4n) is 1.31. The first-order valence-corrected chi connectivity index (χ1v) is 6.69. The number of nitrogens with two attached hydrogens (primary N) is 1. The van der Waals surface area contributed by atoms with Crippen molar-refractivity contribution in [2.24, 2.45) is 0 Å². The largest absolute Gasteiger partial charge is 0.369 e. The summed E-state index contributed by atoms with van der Waals surface area (Å²) in [6, 6.07) is 2.09. The molecule has 0 atom stereocenters. The first-order chi connectivity index (χ1) is 7.08. The maximum Gasteiger partial charge on any atom is 0.200 e. The zero-order valence-corrected chi connectivity index (χ0v) is 12.0. The molecule has 80 valence electrons. The van der Waals surface area contributed by atoms with Crippen LogP contribution in [0.25, 0.3) is 0 Å². The summed E-state index contributed by atoms with van der Waals surface area (Å²) < 4.78 is 4.18. The molecule has 0 fully saturated rings. The van der Waals surface area contributed by atoms with E-state index in [1.807, 2.05) is 11.5 Å². The van der Waals surface area contributed by atoms with Crippen LogP contribution in [0.15, 0.2) is 20.5 Å². The van der Waals surface area contributed by atoms with Crippen molar-refractivity contribution in [1.29, 1.82) is 0 Å². The van der Waals surface area contributed by atoms with Crippen LogP contribution in [0.5, 0.6) is 0 Å². The van der Waals surface area contributed by atoms with Crippen LogP contribution in [0.4, 0.5) is 5.95 Å². The van der Waals surface area contributed by atoms with Gasteiger partial charge in [0.2, 0.25) is 5.95 Å². The second-order valence-electron chi connectivity index (χ2n) is 3.18. The lowest BCUT2D eigenvalue weighted by atomic mass is 10.4. The van der Waals surface area contributed by atoms with E-state index in [0.717, 1.165) is 20.5 Å². The quantitative estimate of drug-likeness (QED) is 0.901. The van der Waals surface area contributed by atoms with Crippen LogP contribution in [0, 0.1) is 6.92 Å². The van der Waals surface area contributed by atoms with Gasteiger partial charge in [-0.1, -0.05) is 0 Å². The fraction of sp³-hybridized carbons (Fsp3) is 0.222. The lowest BCUT2D eigenvalue weighted by Gasteiger charge is -2.04. The molecule has 2 aromatic heterocycles. The maximum absolute atomic E-state index is 5.77. The van der Waals surface area contributed by atoms with Gasteiger partial charge in [-0.25, -0.2) is 4.98 Å². The van der Waals surface area contributed by atoms with E-state index >= 15 is 0 Å². The third kappa shape index (κ3) is 2.26. The van der Waals surface area contributed by atoms with Gasteiger partial charge in [-0.3, -0.25) is 0 Å². The lowest BCUT2D eigenvalue weighted by Crippen LogP contribution is -2.04. The van der Waals surface area contributed by atoms with Crippen molar-refractivity contribution in [1.82, 2.24) is 9.55 Å². The Balaban J connectivity index is 2.29. The van der Waals surface area contributed by atoms with E-state index in [9.17, 15) is 0 Å². The van der Waals surface area contributed by atoms with E-state index in [0.29, 0.717) is 5.95 Å². The van der Waals surface area contributed by atoms with Gasteiger partial charge in [0.15, 0.2) is 0 Å². The molecular weight excluding hydrogens is 342 g/mol. The molecular formula is C9H9Br2N3S. The zero-order valence-electron chi connectivity index (χ0n) is 8.00. The molecule has 2 aromatic rings. The molecule has 0 spiro atoms. The summed E-state index contributed by atoms with van der Waals surface area (Å²) in [6.07, 6.45) is 1.78. The van der Waals surface area contributed by atoms with Crippen LogP contribution in [0.3, 0.4) is 0 Å². The number of halogens is 2. The normalized spacial score (nSPS) is 10.9. The second kappa shape index (κ2) is 4.27. The highest BCUT2D eigenvalue weighted by molar-refractivity contribution is 9.13. The molecule has 2 heterocycles. The molecule has 0 aromatic carbocycles. The minimum Gasteiger partial charge on any atom is -0.369 e. The van der Waals surface area contributed by atoms with E-state index in [2.05, 4.69) is 42.9 Å². The van der Waals surface area contributed by atoms with Crippen molar-refractivity contribution in [3.8, 4) is 0 Å². The van der Waals surface area contributed by atoms with E-state index < -0.39 is 0 Å². The molecule has 0 unspecified atom stereocenters. The molecule has 2 rings (SSSR count). The molecule has 0 aliphatic heterocycles. The van der Waals surface area contributed by atoms with Gasteiger partial charge < -0.3 is 10.3 Å². The van der Waals surface area contributed by atoms with Crippen LogP contribution in [-0.4, -0.2) is 9.55 Å². The number of imidazole rings is 1. The monoisotopic (exact) mass is 349 g/mol. The highest BCUT2D eigenvalue weighted by Crippen LogP contribution is 2.33. The van der Waals surface area contributed by atoms with Crippen molar-refractivity contribution in [3.05, 3.63) is 31.1 Å². The van der Waals surface area contributed by atoms with Gasteiger partial charge in [0.05, 0.1) is 16.5 Å². The van der Waals surface area contributed by atoms with Crippen LogP contribution in [0.2, 0.25) is 0 Å². The van der Waals surface area contributed by atoms with Crippen LogP contribution < -0.4 is 5.73 Å². The van der Waals surface area contributed by atoms with Crippen LogP contribution >= 0.6 is 43.2 Å². The summed E-state index contributed by atoms with van der Waals surface area (Å²) in [5, 5.41) is 0. The highest BCUT2D eigenvalue weighted by atomic mass is 79.9. The average molecular weight is 351 g/mol. The van der Waals surface area contributed by atoms with Gasteiger partial charge in [-0.15, -0.1) is 11.3 Å². The summed E-state index contributed by atoms with van der Waals surface area (Å²) in [7, 11) is 0. The molecule has 0 saturated carbocycles. The van der Waals surface area contributed by atoms with Gasteiger partial charge in [0.1, 0.15) is 0 Å². The molecule has 0 aliphatic rings. The first kappa shape index (κ1) is 11.2. The predicted molar refractivity (Wildman–Crippen MR) is 70.2 cm³/mol. The minimum absolute atomic E-state index is 0.563. The van der Waals surface area contributed by atoms with Crippen LogP contribution in [0.1, 0.15) is 10.6 Å². The second-order valence-corrected chi connectivity index (χ2v) is 6.49. The smallest absolute Gasteiger partial charge is 0.200 e. The Morgan fingerprint density at radius 1 is 1.53 bits per heavy atom. The van der Waals surface area contributed by atoms with Crippen molar-refractivity contribution in [2.75, 3.05) is 5.73 Å². The summed E-state index contributed by atoms with van der Waals surface area (Å²) in [5.41, 5.74) is 6.84. The number of hydrogen-bond acceptors (Lipinski definition) is 3. The zero-order chi connectivity index (χ0) is 11.0. The Bertz CT molecular complexity index is 451. The molecule has 6 heteroatoms. The van der Waals surface area contributed by atoms with Crippen molar-refractivity contribution in [2.45, 2.75) is 13.5 Å². The van der Waals surface area contributed by atoms with Crippen molar-refractivity contribution >= 4 is 49.1 Å². The number of aromatic nitrogens is 2. The topological polar surface area (TPSA) is 43.8 Å². The van der Waals surface area contributed by atoms with Gasteiger partial charge in [0.25, 0.3) is 0 Å². The minimum atomic E-state index is 0.563. The van der Waals surface area contributed by atoms with Gasteiger partial charge in [-0.05, 0) is 44.8 Å². The number of thiophene rings is 1. The number of nitrogens with zero attached hydrogens (tertiary/aromatic N) is 2. The van der Waals surface area contributed by atoms with E-state index in [1.165, 1.54) is 4.88 Å². The Kier molecular flexibility index (Phi) is 3.18. The molecule has 15 heavy (non-hydrogen) atoms. The number of hydrogen-bond donors (Lipinski definition) is 1. The van der Waals surface area contributed by atoms with Gasteiger partial charge in [0, 0.05) is 15.0 Å². The summed E-state index contributed by atoms with van der Waals surface area (Å²) >= 11 is 8.63. The lowest BCUT2D eigenvalue weighted by molar-refractivity contribution is 0.794. The van der Waals surface area contributed by atoms with Crippen LogP contribution in [-0.2, 0) is 6.54 Å². The fourth-order valence-corrected chi connectivity index (χ4v) is 3.48. The number of nitrogen functional groups attached to an aromatic ring is 1. The number of aryl methyl sites for hydroxylation is 1. The van der Waals surface area contributed by atoms with Gasteiger partial charge >= 0.3 is 0 Å². The number of anilines is 1. The molecule has 0 saturated heterocycles. The van der Waals surface area contributed by atoms with Crippen molar-refractivity contribution < 1.29 is 0 Å². The van der Waals surface area contributed by atoms with Gasteiger partial charge in [-0.2, -0.15) is 0 Å². The summed E-state index contributed by atoms with van der Waals surface area (Å²) in [4.78, 5) is 5.30. The van der Waals surface area contributed by atoms with Crippen molar-refractivity contribution in [3.63, 3.8) is 0 Å². The Hall–Kier alpha value is -0.330. The molecule has 0 aliphatic carbocycles. The Morgan fingerprint density at radius 2 is 2.27 bits per heavy atom. The third-order valence-electron chi connectivity index (χ3n) is 2.10. The Morgan fingerprint density at radius 3 is 2.73 bits per heavy atom. The SMILES string of the molecule is Cc1cnc(N)n1Cc1cc(Br)c(Br)s1. The molecule has 3 nitrogen and oxygen atoms in total. The van der Waals surface area contributed by atoms with E-state index in [4.69, 9.17) is 5.73 Å². The maximum atomic E-state index is 5.77. The average Bonchev–Trinajstić information content (AvgIpc) is 2.64. The predicted octanol–water partition coefficient (Wildman–Crippen LogP) is 3.41. The highest BCUT2D eigenvalue weighted by Gasteiger charge is 2.08. The standard InChI is InChI=1S/C9H9Br2N3S/c1-5-3-13-9(12)14(5)4-6-2-7(10)8(11)15-6/h2-3H,4H2,1H3,(H2,12,13). The number of rotatable bonds is 2. The molecule has 0 radical (unpaired) electrons. The summed E-state index contributed by atoms with van der Waals surface area (Å²) in [6.45, 7) is 2.77. The molecule has 0 bridgehead atoms. The third-order valence-corrected chi connectivity index (χ3v) is 5.34. The summed E-state index contributed by atoms with van der Waals surface area (Å²) in [5.74, 6) is 0.563. The molecule has 0 amide bonds. The Labute approximate surface area is 109 Å². The van der Waals surface area contributed by atoms with E-state index in [1.54, 1.807) is 17.5 Å². The van der Waals surface area contributed by atoms with E-state index in [-0.39, 0.29) is 0 Å².